The van der Waals surface area contributed by atoms with Gasteiger partial charge >= 0.3 is 0 Å². The SMILES string of the molecule is CCC(Nc1ccccc1OC)C(=O)N/N=C(C)/C=C/c1ccccc1. The summed E-state index contributed by atoms with van der Waals surface area (Å²) in [5, 5.41) is 7.36. The van der Waals surface area contributed by atoms with Gasteiger partial charge in [-0.05, 0) is 37.1 Å². The van der Waals surface area contributed by atoms with E-state index < -0.39 is 6.04 Å². The van der Waals surface area contributed by atoms with Crippen LogP contribution < -0.4 is 15.5 Å². The predicted molar refractivity (Wildman–Crippen MR) is 107 cm³/mol. The van der Waals surface area contributed by atoms with Crippen LogP contribution in [0.25, 0.3) is 6.08 Å². The van der Waals surface area contributed by atoms with Crippen molar-refractivity contribution >= 4 is 23.4 Å². The molecule has 0 radical (unpaired) electrons. The molecule has 0 aliphatic carbocycles. The lowest BCUT2D eigenvalue weighted by Crippen LogP contribution is -2.37. The number of benzene rings is 2. The van der Waals surface area contributed by atoms with Gasteiger partial charge in [-0.3, -0.25) is 4.79 Å². The summed E-state index contributed by atoms with van der Waals surface area (Å²) in [6, 6.07) is 17.0. The van der Waals surface area contributed by atoms with E-state index in [9.17, 15) is 4.79 Å². The fraction of sp³-hybridized carbons (Fsp3) is 0.238. The summed E-state index contributed by atoms with van der Waals surface area (Å²) >= 11 is 0. The van der Waals surface area contributed by atoms with E-state index in [-0.39, 0.29) is 5.91 Å². The second kappa shape index (κ2) is 10.0. The molecular formula is C21H25N3O2. The van der Waals surface area contributed by atoms with Gasteiger partial charge in [0.2, 0.25) is 0 Å². The zero-order valence-corrected chi connectivity index (χ0v) is 15.4. The van der Waals surface area contributed by atoms with E-state index in [1.165, 1.54) is 0 Å². The minimum absolute atomic E-state index is 0.189. The number of carbonyl (C=O) groups is 1. The summed E-state index contributed by atoms with van der Waals surface area (Å²) in [7, 11) is 1.61. The summed E-state index contributed by atoms with van der Waals surface area (Å²) in [6.07, 6.45) is 4.44. The molecule has 2 aromatic rings. The van der Waals surface area contributed by atoms with E-state index in [1.54, 1.807) is 7.11 Å². The van der Waals surface area contributed by atoms with Crippen molar-refractivity contribution in [3.05, 3.63) is 66.2 Å². The maximum Gasteiger partial charge on any atom is 0.262 e. The molecule has 0 aliphatic rings. The van der Waals surface area contributed by atoms with Crippen LogP contribution >= 0.6 is 0 Å². The van der Waals surface area contributed by atoms with Crippen molar-refractivity contribution in [2.45, 2.75) is 26.3 Å². The molecule has 1 amide bonds. The fourth-order valence-electron chi connectivity index (χ4n) is 2.34. The van der Waals surface area contributed by atoms with E-state index >= 15 is 0 Å². The fourth-order valence-corrected chi connectivity index (χ4v) is 2.34. The molecular weight excluding hydrogens is 326 g/mol. The Morgan fingerprint density at radius 2 is 1.85 bits per heavy atom. The van der Waals surface area contributed by atoms with Crippen LogP contribution in [0.15, 0.2) is 65.8 Å². The number of para-hydroxylation sites is 2. The molecule has 2 N–H and O–H groups in total. The van der Waals surface area contributed by atoms with E-state index in [4.69, 9.17) is 4.74 Å². The quantitative estimate of drug-likeness (QED) is 0.556. The first-order valence-electron chi connectivity index (χ1n) is 8.61. The Bertz CT molecular complexity index is 770. The zero-order valence-electron chi connectivity index (χ0n) is 15.4. The molecule has 0 fully saturated rings. The van der Waals surface area contributed by atoms with Crippen molar-refractivity contribution in [2.24, 2.45) is 5.10 Å². The molecule has 0 aliphatic heterocycles. The van der Waals surface area contributed by atoms with Crippen molar-refractivity contribution in [1.29, 1.82) is 0 Å². The van der Waals surface area contributed by atoms with E-state index in [1.807, 2.05) is 80.6 Å². The molecule has 0 heterocycles. The normalized spacial score (nSPS) is 12.7. The van der Waals surface area contributed by atoms with Gasteiger partial charge in [0, 0.05) is 0 Å². The highest BCUT2D eigenvalue weighted by atomic mass is 16.5. The molecule has 2 rings (SSSR count). The largest absolute Gasteiger partial charge is 0.495 e. The van der Waals surface area contributed by atoms with Crippen LogP contribution in [-0.4, -0.2) is 24.8 Å². The number of carbonyl (C=O) groups excluding carboxylic acids is 1. The standard InChI is InChI=1S/C21H25N3O2/c1-4-18(22-19-12-8-9-13-20(19)26-3)21(25)24-23-16(2)14-15-17-10-6-5-7-11-17/h5-15,18,22H,4H2,1-3H3,(H,24,25)/b15-14+,23-16+. The van der Waals surface area contributed by atoms with Crippen LogP contribution in [0.1, 0.15) is 25.8 Å². The van der Waals surface area contributed by atoms with Crippen LogP contribution in [-0.2, 0) is 4.79 Å². The summed E-state index contributed by atoms with van der Waals surface area (Å²) in [4.78, 5) is 12.4. The molecule has 0 saturated heterocycles. The van der Waals surface area contributed by atoms with Crippen molar-refractivity contribution in [2.75, 3.05) is 12.4 Å². The van der Waals surface area contributed by atoms with Crippen LogP contribution in [0.3, 0.4) is 0 Å². The second-order valence-corrected chi connectivity index (χ2v) is 5.78. The van der Waals surface area contributed by atoms with Gasteiger partial charge in [-0.1, -0.05) is 55.5 Å². The number of amides is 1. The third-order valence-electron chi connectivity index (χ3n) is 3.82. The lowest BCUT2D eigenvalue weighted by atomic mass is 10.2. The van der Waals surface area contributed by atoms with E-state index in [2.05, 4.69) is 15.8 Å². The number of hydrogen-bond donors (Lipinski definition) is 2. The Balaban J connectivity index is 1.96. The number of allylic oxidation sites excluding steroid dienone is 1. The topological polar surface area (TPSA) is 62.7 Å². The smallest absolute Gasteiger partial charge is 0.262 e. The van der Waals surface area contributed by atoms with E-state index in [0.717, 1.165) is 11.3 Å². The van der Waals surface area contributed by atoms with Crippen molar-refractivity contribution in [3.8, 4) is 5.75 Å². The van der Waals surface area contributed by atoms with Crippen LogP contribution in [0.2, 0.25) is 0 Å². The summed E-state index contributed by atoms with van der Waals surface area (Å²) in [5.41, 5.74) is 5.20. The number of hydrazone groups is 1. The van der Waals surface area contributed by atoms with E-state index in [0.29, 0.717) is 17.9 Å². The number of methoxy groups -OCH3 is 1. The van der Waals surface area contributed by atoms with Crippen molar-refractivity contribution in [3.63, 3.8) is 0 Å². The molecule has 0 bridgehead atoms. The summed E-state index contributed by atoms with van der Waals surface area (Å²) < 4.78 is 5.31. The van der Waals surface area contributed by atoms with Gasteiger partial charge in [0.15, 0.2) is 0 Å². The molecule has 2 aromatic carbocycles. The van der Waals surface area contributed by atoms with Gasteiger partial charge in [-0.25, -0.2) is 5.43 Å². The summed E-state index contributed by atoms with van der Waals surface area (Å²) in [6.45, 7) is 3.78. The maximum absolute atomic E-state index is 12.4. The number of anilines is 1. The lowest BCUT2D eigenvalue weighted by Gasteiger charge is -2.18. The van der Waals surface area contributed by atoms with Crippen molar-refractivity contribution < 1.29 is 9.53 Å². The Hall–Kier alpha value is -3.08. The summed E-state index contributed by atoms with van der Waals surface area (Å²) in [5.74, 6) is 0.509. The Labute approximate surface area is 154 Å². The van der Waals surface area contributed by atoms with Crippen LogP contribution in [0, 0.1) is 0 Å². The first kappa shape index (κ1) is 19.2. The van der Waals surface area contributed by atoms with Gasteiger partial charge in [-0.2, -0.15) is 5.10 Å². The number of nitrogens with zero attached hydrogens (tertiary/aromatic N) is 1. The Morgan fingerprint density at radius 3 is 2.54 bits per heavy atom. The van der Waals surface area contributed by atoms with Crippen LogP contribution in [0.4, 0.5) is 5.69 Å². The highest BCUT2D eigenvalue weighted by molar-refractivity contribution is 5.97. The molecule has 5 heteroatoms. The Kier molecular flexibility index (Phi) is 7.43. The molecule has 136 valence electrons. The van der Waals surface area contributed by atoms with Crippen LogP contribution in [0.5, 0.6) is 5.75 Å². The first-order valence-corrected chi connectivity index (χ1v) is 8.61. The monoisotopic (exact) mass is 351 g/mol. The minimum Gasteiger partial charge on any atom is -0.495 e. The predicted octanol–water partition coefficient (Wildman–Crippen LogP) is 4.09. The lowest BCUT2D eigenvalue weighted by molar-refractivity contribution is -0.121. The Morgan fingerprint density at radius 1 is 1.15 bits per heavy atom. The molecule has 0 aromatic heterocycles. The number of hydrogen-bond acceptors (Lipinski definition) is 4. The van der Waals surface area contributed by atoms with Gasteiger partial charge in [0.05, 0.1) is 18.5 Å². The average Bonchev–Trinajstić information content (AvgIpc) is 2.69. The van der Waals surface area contributed by atoms with Crippen molar-refractivity contribution in [1.82, 2.24) is 5.43 Å². The number of nitrogens with one attached hydrogen (secondary N) is 2. The molecule has 1 unspecified atom stereocenters. The minimum atomic E-state index is -0.402. The highest BCUT2D eigenvalue weighted by Crippen LogP contribution is 2.24. The van der Waals surface area contributed by atoms with Gasteiger partial charge in [-0.15, -0.1) is 0 Å². The maximum atomic E-state index is 12.4. The van der Waals surface area contributed by atoms with Gasteiger partial charge < -0.3 is 10.1 Å². The molecule has 5 nitrogen and oxygen atoms in total. The molecule has 1 atom stereocenters. The third kappa shape index (κ3) is 5.77. The van der Waals surface area contributed by atoms with Gasteiger partial charge in [0.25, 0.3) is 5.91 Å². The number of rotatable bonds is 8. The average molecular weight is 351 g/mol. The number of ether oxygens (including phenoxy) is 1. The third-order valence-corrected chi connectivity index (χ3v) is 3.82. The second-order valence-electron chi connectivity index (χ2n) is 5.78. The zero-order chi connectivity index (χ0) is 18.8. The molecule has 0 spiro atoms. The molecule has 26 heavy (non-hydrogen) atoms. The molecule has 0 saturated carbocycles. The van der Waals surface area contributed by atoms with Gasteiger partial charge in [0.1, 0.15) is 11.8 Å². The highest BCUT2D eigenvalue weighted by Gasteiger charge is 2.17. The first-order chi connectivity index (χ1) is 12.6.